The average Bonchev–Trinajstić information content (AvgIpc) is 2.48. The Morgan fingerprint density at radius 3 is 2.76 bits per heavy atom. The molecule has 0 bridgehead atoms. The topological polar surface area (TPSA) is 58.6 Å². The molecule has 5 heteroatoms. The predicted molar refractivity (Wildman–Crippen MR) is 85.1 cm³/mol. The summed E-state index contributed by atoms with van der Waals surface area (Å²) in [6, 6.07) is 12.7. The molecule has 0 amide bonds. The first-order valence-corrected chi connectivity index (χ1v) is 7.65. The molecule has 0 aromatic heterocycles. The summed E-state index contributed by atoms with van der Waals surface area (Å²) in [4.78, 5) is 0. The van der Waals surface area contributed by atoms with E-state index in [-0.39, 0.29) is 5.84 Å². The molecule has 0 heterocycles. The second-order valence-electron chi connectivity index (χ2n) is 4.77. The van der Waals surface area contributed by atoms with Crippen molar-refractivity contribution >= 4 is 17.6 Å². The molecule has 0 spiro atoms. The van der Waals surface area contributed by atoms with Gasteiger partial charge >= 0.3 is 0 Å². The molecule has 2 aromatic carbocycles. The molecule has 0 radical (unpaired) electrons. The third-order valence-electron chi connectivity index (χ3n) is 3.06. The Hall–Kier alpha value is -2.01. The molecule has 0 saturated heterocycles. The SMILES string of the molecule is Cc1cccc(CSCc2ccc(F)cc2C(N)=NO)c1. The molecule has 0 aliphatic carbocycles. The fourth-order valence-corrected chi connectivity index (χ4v) is 3.04. The van der Waals surface area contributed by atoms with Crippen LogP contribution in [0.4, 0.5) is 4.39 Å². The molecule has 2 rings (SSSR count). The van der Waals surface area contributed by atoms with Gasteiger partial charge in [0.2, 0.25) is 0 Å². The first-order valence-electron chi connectivity index (χ1n) is 6.50. The van der Waals surface area contributed by atoms with E-state index in [4.69, 9.17) is 10.9 Å². The summed E-state index contributed by atoms with van der Waals surface area (Å²) < 4.78 is 13.3. The fourth-order valence-electron chi connectivity index (χ4n) is 2.05. The van der Waals surface area contributed by atoms with E-state index in [1.807, 2.05) is 6.07 Å². The van der Waals surface area contributed by atoms with Gasteiger partial charge in [-0.05, 0) is 30.2 Å². The first-order chi connectivity index (χ1) is 10.1. The number of hydrogen-bond donors (Lipinski definition) is 2. The van der Waals surface area contributed by atoms with Crippen LogP contribution in [0.1, 0.15) is 22.3 Å². The smallest absolute Gasteiger partial charge is 0.170 e. The number of aryl methyl sites for hydroxylation is 1. The van der Waals surface area contributed by atoms with Gasteiger partial charge in [-0.15, -0.1) is 0 Å². The number of amidine groups is 1. The average molecular weight is 304 g/mol. The number of halogens is 1. The van der Waals surface area contributed by atoms with Crippen molar-refractivity contribution in [2.75, 3.05) is 0 Å². The summed E-state index contributed by atoms with van der Waals surface area (Å²) in [6.45, 7) is 2.06. The minimum atomic E-state index is -0.399. The number of benzene rings is 2. The van der Waals surface area contributed by atoms with E-state index < -0.39 is 5.82 Å². The molecule has 0 atom stereocenters. The Labute approximate surface area is 127 Å². The summed E-state index contributed by atoms with van der Waals surface area (Å²) in [7, 11) is 0. The van der Waals surface area contributed by atoms with Crippen LogP contribution in [0.5, 0.6) is 0 Å². The Kier molecular flexibility index (Phi) is 5.22. The summed E-state index contributed by atoms with van der Waals surface area (Å²) in [6.07, 6.45) is 0. The van der Waals surface area contributed by atoms with Crippen molar-refractivity contribution in [3.05, 3.63) is 70.5 Å². The number of oxime groups is 1. The van der Waals surface area contributed by atoms with Crippen molar-refractivity contribution in [2.45, 2.75) is 18.4 Å². The fraction of sp³-hybridized carbons (Fsp3) is 0.188. The molecule has 0 aliphatic heterocycles. The molecule has 2 aromatic rings. The van der Waals surface area contributed by atoms with Crippen molar-refractivity contribution in [1.82, 2.24) is 0 Å². The summed E-state index contributed by atoms with van der Waals surface area (Å²) >= 11 is 1.70. The molecule has 0 saturated carbocycles. The number of thioether (sulfide) groups is 1. The van der Waals surface area contributed by atoms with Crippen LogP contribution in [-0.4, -0.2) is 11.0 Å². The lowest BCUT2D eigenvalue weighted by molar-refractivity contribution is 0.318. The molecular formula is C16H17FN2OS. The van der Waals surface area contributed by atoms with Crippen molar-refractivity contribution < 1.29 is 9.60 Å². The van der Waals surface area contributed by atoms with Crippen LogP contribution < -0.4 is 5.73 Å². The molecule has 3 N–H and O–H groups in total. The molecule has 0 fully saturated rings. The quantitative estimate of drug-likeness (QED) is 0.383. The van der Waals surface area contributed by atoms with Gasteiger partial charge in [0.05, 0.1) is 0 Å². The van der Waals surface area contributed by atoms with Gasteiger partial charge in [0, 0.05) is 17.1 Å². The van der Waals surface area contributed by atoms with Gasteiger partial charge in [-0.1, -0.05) is 41.1 Å². The zero-order valence-electron chi connectivity index (χ0n) is 11.7. The Morgan fingerprint density at radius 2 is 2.05 bits per heavy atom. The number of rotatable bonds is 5. The number of nitrogens with zero attached hydrogens (tertiary/aromatic N) is 1. The van der Waals surface area contributed by atoms with Gasteiger partial charge in [-0.2, -0.15) is 11.8 Å². The highest BCUT2D eigenvalue weighted by Crippen LogP contribution is 2.21. The molecule has 110 valence electrons. The zero-order chi connectivity index (χ0) is 15.2. The van der Waals surface area contributed by atoms with Gasteiger partial charge in [0.15, 0.2) is 5.84 Å². The normalized spacial score (nSPS) is 11.6. The van der Waals surface area contributed by atoms with Crippen LogP contribution >= 0.6 is 11.8 Å². The third kappa shape index (κ3) is 4.23. The monoisotopic (exact) mass is 304 g/mol. The van der Waals surface area contributed by atoms with E-state index in [0.29, 0.717) is 11.3 Å². The summed E-state index contributed by atoms with van der Waals surface area (Å²) in [5.74, 6) is 1.05. The van der Waals surface area contributed by atoms with E-state index in [2.05, 4.69) is 30.3 Å². The summed E-state index contributed by atoms with van der Waals surface area (Å²) in [5.41, 5.74) is 9.35. The maximum Gasteiger partial charge on any atom is 0.170 e. The Morgan fingerprint density at radius 1 is 1.24 bits per heavy atom. The van der Waals surface area contributed by atoms with Gasteiger partial charge in [-0.25, -0.2) is 4.39 Å². The largest absolute Gasteiger partial charge is 0.409 e. The maximum absolute atomic E-state index is 13.3. The molecule has 3 nitrogen and oxygen atoms in total. The van der Waals surface area contributed by atoms with E-state index in [1.54, 1.807) is 17.8 Å². The summed E-state index contributed by atoms with van der Waals surface area (Å²) in [5, 5.41) is 11.7. The van der Waals surface area contributed by atoms with E-state index in [9.17, 15) is 4.39 Å². The third-order valence-corrected chi connectivity index (χ3v) is 4.12. The van der Waals surface area contributed by atoms with E-state index in [1.165, 1.54) is 23.3 Å². The van der Waals surface area contributed by atoms with Crippen LogP contribution in [0, 0.1) is 12.7 Å². The standard InChI is InChI=1S/C16H17FN2OS/c1-11-3-2-4-12(7-11)9-21-10-13-5-6-14(17)8-15(13)16(18)19-20/h2-8,20H,9-10H2,1H3,(H2,18,19). The van der Waals surface area contributed by atoms with Crippen molar-refractivity contribution in [3.8, 4) is 0 Å². The van der Waals surface area contributed by atoms with E-state index in [0.717, 1.165) is 11.3 Å². The first kappa shape index (κ1) is 15.4. The van der Waals surface area contributed by atoms with Gasteiger partial charge in [0.25, 0.3) is 0 Å². The molecule has 0 aliphatic rings. The second kappa shape index (κ2) is 7.13. The van der Waals surface area contributed by atoms with Gasteiger partial charge in [-0.3, -0.25) is 0 Å². The zero-order valence-corrected chi connectivity index (χ0v) is 12.5. The predicted octanol–water partition coefficient (Wildman–Crippen LogP) is 3.66. The molecular weight excluding hydrogens is 287 g/mol. The van der Waals surface area contributed by atoms with Crippen LogP contribution in [0.25, 0.3) is 0 Å². The van der Waals surface area contributed by atoms with Crippen molar-refractivity contribution in [3.63, 3.8) is 0 Å². The van der Waals surface area contributed by atoms with Gasteiger partial charge < -0.3 is 10.9 Å². The second-order valence-corrected chi connectivity index (χ2v) is 5.75. The highest BCUT2D eigenvalue weighted by atomic mass is 32.2. The Balaban J connectivity index is 2.06. The highest BCUT2D eigenvalue weighted by Gasteiger charge is 2.09. The van der Waals surface area contributed by atoms with E-state index >= 15 is 0 Å². The molecule has 0 unspecified atom stereocenters. The number of hydrogen-bond acceptors (Lipinski definition) is 3. The van der Waals surface area contributed by atoms with Crippen LogP contribution in [0.3, 0.4) is 0 Å². The highest BCUT2D eigenvalue weighted by molar-refractivity contribution is 7.97. The van der Waals surface area contributed by atoms with Crippen LogP contribution in [0.2, 0.25) is 0 Å². The lowest BCUT2D eigenvalue weighted by Gasteiger charge is -2.09. The maximum atomic E-state index is 13.3. The van der Waals surface area contributed by atoms with Crippen molar-refractivity contribution in [1.29, 1.82) is 0 Å². The number of nitrogens with two attached hydrogens (primary N) is 1. The van der Waals surface area contributed by atoms with Crippen LogP contribution in [-0.2, 0) is 11.5 Å². The lowest BCUT2D eigenvalue weighted by atomic mass is 10.1. The Bertz CT molecular complexity index is 658. The minimum Gasteiger partial charge on any atom is -0.409 e. The molecule has 21 heavy (non-hydrogen) atoms. The van der Waals surface area contributed by atoms with Crippen molar-refractivity contribution in [2.24, 2.45) is 10.9 Å². The minimum absolute atomic E-state index is 0.0688. The van der Waals surface area contributed by atoms with Crippen LogP contribution in [0.15, 0.2) is 47.6 Å². The lowest BCUT2D eigenvalue weighted by Crippen LogP contribution is -2.15. The van der Waals surface area contributed by atoms with Gasteiger partial charge in [0.1, 0.15) is 5.82 Å².